The lowest BCUT2D eigenvalue weighted by molar-refractivity contribution is -0.383. The lowest BCUT2D eigenvalue weighted by Crippen LogP contribution is -3.00. The number of hydrogen-bond acceptors (Lipinski definition) is 5. The number of benzene rings is 1. The van der Waals surface area contributed by atoms with Gasteiger partial charge in [-0.3, -0.25) is 15.1 Å². The number of hydrogen-bond donors (Lipinski definition) is 2. The second-order valence-electron chi connectivity index (χ2n) is 3.50. The summed E-state index contributed by atoms with van der Waals surface area (Å²) in [4.78, 5) is 14.6. The number of rotatable bonds is 4. The number of nitro groups is 1. The molecule has 0 amide bonds. The first-order valence-electron chi connectivity index (χ1n) is 5.20. The van der Waals surface area contributed by atoms with Crippen molar-refractivity contribution < 1.29 is 17.3 Å². The number of nitrogens with zero attached hydrogens (tertiary/aromatic N) is 2. The summed E-state index contributed by atoms with van der Waals surface area (Å²) < 4.78 is 0. The normalized spacial score (nSPS) is 9.83. The molecule has 0 saturated heterocycles. The van der Waals surface area contributed by atoms with E-state index in [1.807, 2.05) is 0 Å². The first kappa shape index (κ1) is 14.1. The highest BCUT2D eigenvalue weighted by atomic mass is 35.5. The Balaban J connectivity index is 0.00000162. The third-order valence-corrected chi connectivity index (χ3v) is 2.40. The summed E-state index contributed by atoms with van der Waals surface area (Å²) >= 11 is 0. The molecule has 1 aromatic carbocycles. The van der Waals surface area contributed by atoms with Gasteiger partial charge in [-0.25, -0.2) is 0 Å². The molecule has 0 aliphatic rings. The molecule has 0 bridgehead atoms. The van der Waals surface area contributed by atoms with Crippen molar-refractivity contribution in [2.45, 2.75) is 0 Å². The molecule has 0 aliphatic heterocycles. The fraction of sp³-hybridized carbons (Fsp3) is 0.182. The lowest BCUT2D eigenvalue weighted by atomic mass is 10.1. The minimum atomic E-state index is -0.406. The maximum atomic E-state index is 10.9. The van der Waals surface area contributed by atoms with Gasteiger partial charge in [-0.1, -0.05) is 0 Å². The van der Waals surface area contributed by atoms with Crippen molar-refractivity contribution in [3.8, 4) is 0 Å². The fourth-order valence-electron chi connectivity index (χ4n) is 1.67. The van der Waals surface area contributed by atoms with E-state index < -0.39 is 4.92 Å². The standard InChI is InChI=1S/C11H12N4O2.ClH/c12-5-7-13-9-3-4-10(15(16)17)8-2-1-6-14-11(8)9;/h1-4,6,13H,5,7,12H2;1H/p-1. The largest absolute Gasteiger partial charge is 1.00 e. The van der Waals surface area contributed by atoms with E-state index in [4.69, 9.17) is 5.73 Å². The summed E-state index contributed by atoms with van der Waals surface area (Å²) in [6.45, 7) is 1.09. The average molecular weight is 268 g/mol. The first-order valence-corrected chi connectivity index (χ1v) is 5.20. The third-order valence-electron chi connectivity index (χ3n) is 2.40. The summed E-state index contributed by atoms with van der Waals surface area (Å²) in [5, 5.41) is 14.5. The molecular formula is C11H12ClN4O2-. The summed E-state index contributed by atoms with van der Waals surface area (Å²) in [6.07, 6.45) is 1.61. The molecule has 0 atom stereocenters. The Morgan fingerprint density at radius 1 is 1.39 bits per heavy atom. The van der Waals surface area contributed by atoms with Crippen LogP contribution in [0.25, 0.3) is 10.9 Å². The highest BCUT2D eigenvalue weighted by Gasteiger charge is 2.14. The van der Waals surface area contributed by atoms with Crippen LogP contribution in [0.4, 0.5) is 11.4 Å². The van der Waals surface area contributed by atoms with Crippen LogP contribution in [0.15, 0.2) is 30.5 Å². The molecule has 18 heavy (non-hydrogen) atoms. The Bertz CT molecular complexity index is 562. The van der Waals surface area contributed by atoms with Crippen molar-refractivity contribution in [1.29, 1.82) is 0 Å². The van der Waals surface area contributed by atoms with Crippen molar-refractivity contribution in [3.05, 3.63) is 40.6 Å². The number of fused-ring (bicyclic) bond motifs is 1. The highest BCUT2D eigenvalue weighted by Crippen LogP contribution is 2.29. The van der Waals surface area contributed by atoms with Gasteiger partial charge in [-0.05, 0) is 18.2 Å². The van der Waals surface area contributed by atoms with Gasteiger partial charge in [-0.2, -0.15) is 0 Å². The Kier molecular flexibility index (Phi) is 4.82. The lowest BCUT2D eigenvalue weighted by Gasteiger charge is -2.07. The smallest absolute Gasteiger partial charge is 0.278 e. The zero-order valence-electron chi connectivity index (χ0n) is 9.47. The molecular weight excluding hydrogens is 256 g/mol. The Labute approximate surface area is 110 Å². The number of aromatic nitrogens is 1. The first-order chi connectivity index (χ1) is 8.24. The van der Waals surface area contributed by atoms with E-state index >= 15 is 0 Å². The number of nitrogens with two attached hydrogens (primary N) is 1. The van der Waals surface area contributed by atoms with E-state index in [1.54, 1.807) is 24.4 Å². The monoisotopic (exact) mass is 267 g/mol. The van der Waals surface area contributed by atoms with Crippen LogP contribution in [0.3, 0.4) is 0 Å². The molecule has 0 fully saturated rings. The number of non-ortho nitro benzene ring substituents is 1. The Hall–Kier alpha value is -1.92. The van der Waals surface area contributed by atoms with Crippen LogP contribution in [-0.4, -0.2) is 23.0 Å². The quantitative estimate of drug-likeness (QED) is 0.520. The zero-order chi connectivity index (χ0) is 12.3. The molecule has 0 radical (unpaired) electrons. The second-order valence-corrected chi connectivity index (χ2v) is 3.50. The summed E-state index contributed by atoms with van der Waals surface area (Å²) in [5.41, 5.74) is 6.82. The predicted octanol–water partition coefficient (Wildman–Crippen LogP) is -1.48. The van der Waals surface area contributed by atoms with Crippen LogP contribution >= 0.6 is 0 Å². The summed E-state index contributed by atoms with van der Waals surface area (Å²) in [5.74, 6) is 0. The van der Waals surface area contributed by atoms with Gasteiger partial charge >= 0.3 is 0 Å². The maximum Gasteiger partial charge on any atom is 0.278 e. The number of nitrogens with one attached hydrogen (secondary N) is 1. The van der Waals surface area contributed by atoms with Gasteiger partial charge in [0.15, 0.2) is 0 Å². The topological polar surface area (TPSA) is 94.1 Å². The molecule has 2 aromatic rings. The highest BCUT2D eigenvalue weighted by molar-refractivity contribution is 5.96. The van der Waals surface area contributed by atoms with Crippen LogP contribution in [0.1, 0.15) is 0 Å². The second kappa shape index (κ2) is 6.13. The van der Waals surface area contributed by atoms with Crippen molar-refractivity contribution in [1.82, 2.24) is 4.98 Å². The zero-order valence-corrected chi connectivity index (χ0v) is 10.2. The van der Waals surface area contributed by atoms with Crippen molar-refractivity contribution in [3.63, 3.8) is 0 Å². The van der Waals surface area contributed by atoms with Crippen LogP contribution < -0.4 is 23.5 Å². The molecule has 0 unspecified atom stereocenters. The van der Waals surface area contributed by atoms with Crippen LogP contribution in [-0.2, 0) is 0 Å². The van der Waals surface area contributed by atoms with Gasteiger partial charge in [0.1, 0.15) is 5.52 Å². The number of halogens is 1. The number of pyridine rings is 1. The minimum Gasteiger partial charge on any atom is -1.00 e. The van der Waals surface area contributed by atoms with E-state index in [0.717, 1.165) is 5.69 Å². The maximum absolute atomic E-state index is 10.9. The Morgan fingerprint density at radius 3 is 2.83 bits per heavy atom. The van der Waals surface area contributed by atoms with Crippen molar-refractivity contribution in [2.24, 2.45) is 5.73 Å². The molecule has 6 nitrogen and oxygen atoms in total. The molecule has 0 saturated carbocycles. The van der Waals surface area contributed by atoms with Gasteiger partial charge < -0.3 is 23.5 Å². The molecule has 7 heteroatoms. The van der Waals surface area contributed by atoms with Gasteiger partial charge in [0.05, 0.1) is 16.0 Å². The molecule has 96 valence electrons. The molecule has 0 spiro atoms. The van der Waals surface area contributed by atoms with Gasteiger partial charge in [0.25, 0.3) is 5.69 Å². The molecule has 1 heterocycles. The fourth-order valence-corrected chi connectivity index (χ4v) is 1.67. The van der Waals surface area contributed by atoms with E-state index in [-0.39, 0.29) is 18.1 Å². The van der Waals surface area contributed by atoms with Crippen molar-refractivity contribution in [2.75, 3.05) is 18.4 Å². The molecule has 1 aromatic heterocycles. The van der Waals surface area contributed by atoms with E-state index in [9.17, 15) is 10.1 Å². The summed E-state index contributed by atoms with van der Waals surface area (Å²) in [7, 11) is 0. The van der Waals surface area contributed by atoms with E-state index in [1.165, 1.54) is 6.07 Å². The number of anilines is 1. The minimum absolute atomic E-state index is 0. The molecule has 2 rings (SSSR count). The Morgan fingerprint density at radius 2 is 2.17 bits per heavy atom. The van der Waals surface area contributed by atoms with E-state index in [2.05, 4.69) is 10.3 Å². The third kappa shape index (κ3) is 2.66. The molecule has 0 aliphatic carbocycles. The van der Waals surface area contributed by atoms with Gasteiger partial charge in [0.2, 0.25) is 0 Å². The van der Waals surface area contributed by atoms with Gasteiger partial charge in [0, 0.05) is 25.4 Å². The predicted molar refractivity (Wildman–Crippen MR) is 65.9 cm³/mol. The van der Waals surface area contributed by atoms with Gasteiger partial charge in [-0.15, -0.1) is 0 Å². The number of nitro benzene ring substituents is 1. The van der Waals surface area contributed by atoms with E-state index in [0.29, 0.717) is 24.0 Å². The summed E-state index contributed by atoms with van der Waals surface area (Å²) in [6, 6.07) is 6.50. The van der Waals surface area contributed by atoms with Crippen LogP contribution in [0, 0.1) is 10.1 Å². The SMILES string of the molecule is NCCNc1ccc([N+](=O)[O-])c2cccnc12.[Cl-]. The van der Waals surface area contributed by atoms with Crippen LogP contribution in [0.5, 0.6) is 0 Å². The van der Waals surface area contributed by atoms with Crippen LogP contribution in [0.2, 0.25) is 0 Å². The average Bonchev–Trinajstić information content (AvgIpc) is 2.35. The molecule has 3 N–H and O–H groups in total. The van der Waals surface area contributed by atoms with Crippen molar-refractivity contribution >= 4 is 22.3 Å².